The number of aliphatic carboxylic acids is 1. The van der Waals surface area contributed by atoms with Gasteiger partial charge in [0, 0.05) is 26.2 Å². The average molecular weight is 269 g/mol. The summed E-state index contributed by atoms with van der Waals surface area (Å²) in [6.07, 6.45) is 6.77. The van der Waals surface area contributed by atoms with E-state index in [2.05, 4.69) is 11.8 Å². The molecule has 1 aliphatic heterocycles. The summed E-state index contributed by atoms with van der Waals surface area (Å²) >= 11 is 0. The molecule has 1 saturated heterocycles. The first-order valence-corrected chi connectivity index (χ1v) is 7.65. The number of methoxy groups -OCH3 is 1. The van der Waals surface area contributed by atoms with Gasteiger partial charge in [0.1, 0.15) is 0 Å². The third-order valence-corrected chi connectivity index (χ3v) is 4.92. The van der Waals surface area contributed by atoms with E-state index in [4.69, 9.17) is 4.74 Å². The van der Waals surface area contributed by atoms with Gasteiger partial charge in [0.05, 0.1) is 12.0 Å². The van der Waals surface area contributed by atoms with E-state index in [-0.39, 0.29) is 12.0 Å². The lowest BCUT2D eigenvalue weighted by Gasteiger charge is -2.39. The molecule has 0 aromatic heterocycles. The number of nitrogens with zero attached hydrogens (tertiary/aromatic N) is 1. The van der Waals surface area contributed by atoms with Crippen LogP contribution in [0.5, 0.6) is 0 Å². The van der Waals surface area contributed by atoms with E-state index in [0.717, 1.165) is 38.8 Å². The molecule has 4 atom stereocenters. The van der Waals surface area contributed by atoms with Gasteiger partial charge in [0.15, 0.2) is 0 Å². The predicted octanol–water partition coefficient (Wildman–Crippen LogP) is 2.38. The van der Waals surface area contributed by atoms with Gasteiger partial charge in [0.25, 0.3) is 0 Å². The number of carboxylic acids is 1. The van der Waals surface area contributed by atoms with Crippen LogP contribution in [0.15, 0.2) is 0 Å². The SMILES string of the molecule is CCCC1CCC(C(=O)O)C(N2CCC(OC)C2)C1. The summed E-state index contributed by atoms with van der Waals surface area (Å²) in [6, 6.07) is 0.225. The molecule has 110 valence electrons. The largest absolute Gasteiger partial charge is 0.481 e. The third kappa shape index (κ3) is 3.48. The molecule has 0 amide bonds. The molecule has 19 heavy (non-hydrogen) atoms. The van der Waals surface area contributed by atoms with Gasteiger partial charge in [-0.1, -0.05) is 19.8 Å². The monoisotopic (exact) mass is 269 g/mol. The van der Waals surface area contributed by atoms with Crippen LogP contribution in [-0.4, -0.2) is 48.3 Å². The third-order valence-electron chi connectivity index (χ3n) is 4.92. The summed E-state index contributed by atoms with van der Waals surface area (Å²) in [5, 5.41) is 9.45. The molecule has 1 saturated carbocycles. The van der Waals surface area contributed by atoms with Crippen LogP contribution in [0, 0.1) is 11.8 Å². The minimum absolute atomic E-state index is 0.177. The molecule has 4 heteroatoms. The zero-order valence-corrected chi connectivity index (χ0v) is 12.2. The van der Waals surface area contributed by atoms with Gasteiger partial charge < -0.3 is 9.84 Å². The molecule has 1 N–H and O–H groups in total. The first kappa shape index (κ1) is 14.8. The fourth-order valence-corrected chi connectivity index (χ4v) is 3.84. The van der Waals surface area contributed by atoms with Gasteiger partial charge in [0.2, 0.25) is 0 Å². The smallest absolute Gasteiger partial charge is 0.308 e. The van der Waals surface area contributed by atoms with Crippen molar-refractivity contribution in [2.24, 2.45) is 11.8 Å². The normalized spacial score (nSPS) is 36.5. The number of carbonyl (C=O) groups is 1. The minimum Gasteiger partial charge on any atom is -0.481 e. The van der Waals surface area contributed by atoms with E-state index >= 15 is 0 Å². The van der Waals surface area contributed by atoms with Crippen molar-refractivity contribution >= 4 is 5.97 Å². The Morgan fingerprint density at radius 3 is 2.74 bits per heavy atom. The second-order valence-corrected chi connectivity index (χ2v) is 6.12. The van der Waals surface area contributed by atoms with Crippen molar-refractivity contribution in [2.45, 2.75) is 57.6 Å². The highest BCUT2D eigenvalue weighted by Crippen LogP contribution is 2.36. The summed E-state index contributed by atoms with van der Waals surface area (Å²) in [5.74, 6) is -0.0725. The van der Waals surface area contributed by atoms with Crippen LogP contribution in [0.3, 0.4) is 0 Å². The van der Waals surface area contributed by atoms with Gasteiger partial charge in [-0.2, -0.15) is 0 Å². The highest BCUT2D eigenvalue weighted by atomic mass is 16.5. The maximum atomic E-state index is 11.5. The molecular weight excluding hydrogens is 242 g/mol. The van der Waals surface area contributed by atoms with Crippen molar-refractivity contribution < 1.29 is 14.6 Å². The van der Waals surface area contributed by atoms with Crippen LogP contribution in [0.4, 0.5) is 0 Å². The van der Waals surface area contributed by atoms with Crippen LogP contribution in [-0.2, 0) is 9.53 Å². The van der Waals surface area contributed by atoms with E-state index < -0.39 is 5.97 Å². The molecule has 0 spiro atoms. The second-order valence-electron chi connectivity index (χ2n) is 6.12. The number of hydrogen-bond acceptors (Lipinski definition) is 3. The molecule has 1 heterocycles. The maximum absolute atomic E-state index is 11.5. The van der Waals surface area contributed by atoms with Crippen LogP contribution >= 0.6 is 0 Å². The van der Waals surface area contributed by atoms with Crippen molar-refractivity contribution in [3.05, 3.63) is 0 Å². The summed E-state index contributed by atoms with van der Waals surface area (Å²) in [6.45, 7) is 4.12. The van der Waals surface area contributed by atoms with Crippen LogP contribution in [0.1, 0.15) is 45.4 Å². The molecule has 2 aliphatic rings. The number of rotatable bonds is 5. The quantitative estimate of drug-likeness (QED) is 0.832. The topological polar surface area (TPSA) is 49.8 Å². The Morgan fingerprint density at radius 2 is 2.16 bits per heavy atom. The number of ether oxygens (including phenoxy) is 1. The number of hydrogen-bond donors (Lipinski definition) is 1. The van der Waals surface area contributed by atoms with Crippen molar-refractivity contribution in [1.29, 1.82) is 0 Å². The molecule has 0 bridgehead atoms. The van der Waals surface area contributed by atoms with Gasteiger partial charge in [-0.05, 0) is 31.6 Å². The van der Waals surface area contributed by atoms with Crippen molar-refractivity contribution in [2.75, 3.05) is 20.2 Å². The summed E-state index contributed by atoms with van der Waals surface area (Å²) < 4.78 is 5.41. The molecular formula is C15H27NO3. The van der Waals surface area contributed by atoms with Crippen LogP contribution < -0.4 is 0 Å². The predicted molar refractivity (Wildman–Crippen MR) is 74.1 cm³/mol. The molecule has 0 aromatic carbocycles. The Morgan fingerprint density at radius 1 is 1.37 bits per heavy atom. The highest BCUT2D eigenvalue weighted by molar-refractivity contribution is 5.71. The zero-order chi connectivity index (χ0) is 13.8. The summed E-state index contributed by atoms with van der Waals surface area (Å²) in [5.41, 5.74) is 0. The second kappa shape index (κ2) is 6.71. The maximum Gasteiger partial charge on any atom is 0.308 e. The highest BCUT2D eigenvalue weighted by Gasteiger charge is 2.40. The van der Waals surface area contributed by atoms with Crippen LogP contribution in [0.2, 0.25) is 0 Å². The van der Waals surface area contributed by atoms with E-state index in [9.17, 15) is 9.90 Å². The standard InChI is InChI=1S/C15H27NO3/c1-3-4-11-5-6-13(15(17)18)14(9-11)16-8-7-12(10-16)19-2/h11-14H,3-10H2,1-2H3,(H,17,18). The lowest BCUT2D eigenvalue weighted by Crippen LogP contribution is -2.46. The van der Waals surface area contributed by atoms with Crippen molar-refractivity contribution in [3.63, 3.8) is 0 Å². The zero-order valence-electron chi connectivity index (χ0n) is 12.2. The van der Waals surface area contributed by atoms with Crippen molar-refractivity contribution in [3.8, 4) is 0 Å². The van der Waals surface area contributed by atoms with E-state index in [1.807, 2.05) is 0 Å². The van der Waals surface area contributed by atoms with Gasteiger partial charge >= 0.3 is 5.97 Å². The fraction of sp³-hybridized carbons (Fsp3) is 0.933. The Kier molecular flexibility index (Phi) is 5.22. The van der Waals surface area contributed by atoms with Crippen molar-refractivity contribution in [1.82, 2.24) is 4.90 Å². The van der Waals surface area contributed by atoms with E-state index in [1.165, 1.54) is 12.8 Å². The lowest BCUT2D eigenvalue weighted by atomic mass is 9.76. The Hall–Kier alpha value is -0.610. The molecule has 4 nitrogen and oxygen atoms in total. The summed E-state index contributed by atoms with van der Waals surface area (Å²) in [7, 11) is 1.75. The Labute approximate surface area is 116 Å². The molecule has 4 unspecified atom stereocenters. The molecule has 2 fully saturated rings. The fourth-order valence-electron chi connectivity index (χ4n) is 3.84. The number of carboxylic acid groups (broad SMARTS) is 1. The van der Waals surface area contributed by atoms with E-state index in [0.29, 0.717) is 12.0 Å². The van der Waals surface area contributed by atoms with Gasteiger partial charge in [-0.15, -0.1) is 0 Å². The van der Waals surface area contributed by atoms with E-state index in [1.54, 1.807) is 7.11 Å². The first-order valence-electron chi connectivity index (χ1n) is 7.65. The van der Waals surface area contributed by atoms with Crippen LogP contribution in [0.25, 0.3) is 0 Å². The first-order chi connectivity index (χ1) is 9.15. The molecule has 2 rings (SSSR count). The summed E-state index contributed by atoms with van der Waals surface area (Å²) in [4.78, 5) is 13.8. The average Bonchev–Trinajstić information content (AvgIpc) is 2.87. The molecule has 0 aromatic rings. The molecule has 0 radical (unpaired) electrons. The molecule has 1 aliphatic carbocycles. The number of likely N-dealkylation sites (tertiary alicyclic amines) is 1. The van der Waals surface area contributed by atoms with Gasteiger partial charge in [-0.25, -0.2) is 0 Å². The Bertz CT molecular complexity index is 308. The minimum atomic E-state index is -0.610. The lowest BCUT2D eigenvalue weighted by molar-refractivity contribution is -0.146. The Balaban J connectivity index is 2.01. The van der Waals surface area contributed by atoms with Gasteiger partial charge in [-0.3, -0.25) is 9.69 Å².